The van der Waals surface area contributed by atoms with Crippen LogP contribution in [-0.2, 0) is 15.0 Å². The summed E-state index contributed by atoms with van der Waals surface area (Å²) in [6.07, 6.45) is 0. The van der Waals surface area contributed by atoms with Crippen molar-refractivity contribution in [1.29, 1.82) is 0 Å². The lowest BCUT2D eigenvalue weighted by atomic mass is 9.86. The number of aliphatic carboxylic acids is 2. The SMILES string of the molecule is CC(C)(C)c1cc(Oc2c(Cl)cc(N(CC(=O)O)CC(=O)O)cc2Cl)ccc1O. The highest BCUT2D eigenvalue weighted by molar-refractivity contribution is 6.37. The molecule has 2 aromatic rings. The molecular formula is C20H21Cl2NO6. The Balaban J connectivity index is 2.39. The van der Waals surface area contributed by atoms with Crippen LogP contribution in [-0.4, -0.2) is 40.3 Å². The summed E-state index contributed by atoms with van der Waals surface area (Å²) in [7, 11) is 0. The summed E-state index contributed by atoms with van der Waals surface area (Å²) in [5, 5.41) is 28.3. The molecule has 0 bridgehead atoms. The number of halogens is 2. The van der Waals surface area contributed by atoms with Crippen LogP contribution >= 0.6 is 23.2 Å². The number of anilines is 1. The maximum Gasteiger partial charge on any atom is 0.323 e. The normalized spacial score (nSPS) is 11.2. The van der Waals surface area contributed by atoms with Gasteiger partial charge in [-0.2, -0.15) is 0 Å². The molecule has 0 saturated heterocycles. The lowest BCUT2D eigenvalue weighted by Crippen LogP contribution is -2.34. The van der Waals surface area contributed by atoms with E-state index in [4.69, 9.17) is 38.2 Å². The van der Waals surface area contributed by atoms with E-state index in [0.717, 1.165) is 4.90 Å². The number of phenolic OH excluding ortho intramolecular Hbond substituents is 1. The number of hydrogen-bond donors (Lipinski definition) is 3. The van der Waals surface area contributed by atoms with Gasteiger partial charge in [-0.1, -0.05) is 44.0 Å². The molecule has 2 aromatic carbocycles. The van der Waals surface area contributed by atoms with Gasteiger partial charge < -0.3 is 25.0 Å². The molecule has 156 valence electrons. The van der Waals surface area contributed by atoms with Crippen LogP contribution in [0, 0.1) is 0 Å². The fourth-order valence-corrected chi connectivity index (χ4v) is 3.24. The molecule has 2 rings (SSSR count). The second-order valence-corrected chi connectivity index (χ2v) is 8.23. The van der Waals surface area contributed by atoms with Gasteiger partial charge in [0, 0.05) is 11.3 Å². The van der Waals surface area contributed by atoms with Crippen molar-refractivity contribution >= 4 is 40.8 Å². The van der Waals surface area contributed by atoms with Gasteiger partial charge in [0.1, 0.15) is 24.6 Å². The minimum absolute atomic E-state index is 0.0821. The number of aromatic hydroxyl groups is 1. The van der Waals surface area contributed by atoms with Crippen molar-refractivity contribution in [1.82, 2.24) is 0 Å². The van der Waals surface area contributed by atoms with E-state index in [-0.39, 0.29) is 32.6 Å². The van der Waals surface area contributed by atoms with Gasteiger partial charge in [0.15, 0.2) is 5.75 Å². The summed E-state index contributed by atoms with van der Waals surface area (Å²) >= 11 is 12.6. The van der Waals surface area contributed by atoms with Crippen LogP contribution < -0.4 is 9.64 Å². The van der Waals surface area contributed by atoms with Crippen LogP contribution in [0.4, 0.5) is 5.69 Å². The molecule has 0 aliphatic carbocycles. The van der Waals surface area contributed by atoms with E-state index >= 15 is 0 Å². The van der Waals surface area contributed by atoms with Crippen molar-refractivity contribution in [2.75, 3.05) is 18.0 Å². The summed E-state index contributed by atoms with van der Waals surface area (Å²) in [6, 6.07) is 7.52. The summed E-state index contributed by atoms with van der Waals surface area (Å²) in [5.41, 5.74) is 0.584. The van der Waals surface area contributed by atoms with E-state index in [0.29, 0.717) is 11.3 Å². The maximum absolute atomic E-state index is 11.0. The van der Waals surface area contributed by atoms with Gasteiger partial charge in [-0.25, -0.2) is 0 Å². The molecule has 0 aliphatic heterocycles. The Hall–Kier alpha value is -2.64. The van der Waals surface area contributed by atoms with E-state index in [1.165, 1.54) is 18.2 Å². The Morgan fingerprint density at radius 2 is 1.52 bits per heavy atom. The molecule has 0 aromatic heterocycles. The fourth-order valence-electron chi connectivity index (χ4n) is 2.69. The molecule has 0 unspecified atom stereocenters. The highest BCUT2D eigenvalue weighted by Crippen LogP contribution is 2.41. The monoisotopic (exact) mass is 441 g/mol. The maximum atomic E-state index is 11.0. The highest BCUT2D eigenvalue weighted by Gasteiger charge is 2.21. The lowest BCUT2D eigenvalue weighted by molar-refractivity contribution is -0.136. The van der Waals surface area contributed by atoms with Crippen molar-refractivity contribution in [2.24, 2.45) is 0 Å². The first-order valence-electron chi connectivity index (χ1n) is 8.57. The number of nitrogens with zero attached hydrogens (tertiary/aromatic N) is 1. The molecule has 29 heavy (non-hydrogen) atoms. The third-order valence-electron chi connectivity index (χ3n) is 4.00. The lowest BCUT2D eigenvalue weighted by Gasteiger charge is -2.23. The number of carboxylic acid groups (broad SMARTS) is 2. The van der Waals surface area contributed by atoms with Gasteiger partial charge >= 0.3 is 11.9 Å². The molecule has 0 heterocycles. The first-order chi connectivity index (χ1) is 13.4. The third-order valence-corrected chi connectivity index (χ3v) is 4.56. The van der Waals surface area contributed by atoms with E-state index in [2.05, 4.69) is 0 Å². The van der Waals surface area contributed by atoms with Crippen molar-refractivity contribution < 1.29 is 29.6 Å². The average Bonchev–Trinajstić information content (AvgIpc) is 2.56. The van der Waals surface area contributed by atoms with Gasteiger partial charge in [0.2, 0.25) is 0 Å². The predicted octanol–water partition coefficient (Wildman–Crippen LogP) is 4.76. The molecule has 0 fully saturated rings. The Morgan fingerprint density at radius 3 is 1.97 bits per heavy atom. The number of rotatable bonds is 7. The second kappa shape index (κ2) is 8.80. The van der Waals surface area contributed by atoms with Crippen LogP contribution in [0.3, 0.4) is 0 Å². The third kappa shape index (κ3) is 5.92. The second-order valence-electron chi connectivity index (χ2n) is 7.41. The van der Waals surface area contributed by atoms with Crippen LogP contribution in [0.25, 0.3) is 0 Å². The molecule has 0 saturated carbocycles. The van der Waals surface area contributed by atoms with Crippen molar-refractivity contribution in [3.8, 4) is 17.2 Å². The van der Waals surface area contributed by atoms with Gasteiger partial charge in [-0.3, -0.25) is 9.59 Å². The highest BCUT2D eigenvalue weighted by atomic mass is 35.5. The van der Waals surface area contributed by atoms with Gasteiger partial charge in [0.05, 0.1) is 10.0 Å². The number of carboxylic acids is 2. The van der Waals surface area contributed by atoms with E-state index < -0.39 is 25.0 Å². The average molecular weight is 442 g/mol. The summed E-state index contributed by atoms with van der Waals surface area (Å²) < 4.78 is 5.80. The molecule has 9 heteroatoms. The molecule has 0 atom stereocenters. The number of benzene rings is 2. The quantitative estimate of drug-likeness (QED) is 0.567. The van der Waals surface area contributed by atoms with Gasteiger partial charge in [0.25, 0.3) is 0 Å². The molecule has 0 aliphatic rings. The molecule has 0 amide bonds. The smallest absolute Gasteiger partial charge is 0.323 e. The first kappa shape index (κ1) is 22.6. The zero-order valence-electron chi connectivity index (χ0n) is 16.1. The number of ether oxygens (including phenoxy) is 1. The topological polar surface area (TPSA) is 107 Å². The van der Waals surface area contributed by atoms with Crippen LogP contribution in [0.1, 0.15) is 26.3 Å². The zero-order chi connectivity index (χ0) is 21.9. The van der Waals surface area contributed by atoms with Gasteiger partial charge in [-0.15, -0.1) is 0 Å². The van der Waals surface area contributed by atoms with Crippen molar-refractivity contribution in [3.05, 3.63) is 45.9 Å². The molecular weight excluding hydrogens is 421 g/mol. The minimum atomic E-state index is -1.20. The van der Waals surface area contributed by atoms with Crippen LogP contribution in [0.2, 0.25) is 10.0 Å². The van der Waals surface area contributed by atoms with Gasteiger partial charge in [-0.05, 0) is 35.7 Å². The Kier molecular flexibility index (Phi) is 6.87. The largest absolute Gasteiger partial charge is 0.508 e. The summed E-state index contributed by atoms with van der Waals surface area (Å²) in [5.74, 6) is -1.73. The van der Waals surface area contributed by atoms with Crippen LogP contribution in [0.5, 0.6) is 17.2 Å². The fraction of sp³-hybridized carbons (Fsp3) is 0.300. The number of hydrogen-bond acceptors (Lipinski definition) is 5. The van der Waals surface area contributed by atoms with E-state index in [9.17, 15) is 14.7 Å². The predicted molar refractivity (Wildman–Crippen MR) is 111 cm³/mol. The summed E-state index contributed by atoms with van der Waals surface area (Å²) in [6.45, 7) is 4.76. The number of phenols is 1. The van der Waals surface area contributed by atoms with E-state index in [1.807, 2.05) is 20.8 Å². The molecule has 0 radical (unpaired) electrons. The Bertz CT molecular complexity index is 900. The zero-order valence-corrected chi connectivity index (χ0v) is 17.6. The molecule has 0 spiro atoms. The minimum Gasteiger partial charge on any atom is -0.508 e. The van der Waals surface area contributed by atoms with Crippen molar-refractivity contribution in [3.63, 3.8) is 0 Å². The van der Waals surface area contributed by atoms with Crippen molar-refractivity contribution in [2.45, 2.75) is 26.2 Å². The molecule has 3 N–H and O–H groups in total. The Labute approximate surface area is 178 Å². The Morgan fingerprint density at radius 1 is 1.00 bits per heavy atom. The van der Waals surface area contributed by atoms with E-state index in [1.54, 1.807) is 12.1 Å². The number of carbonyl (C=O) groups is 2. The standard InChI is InChI=1S/C20H21Cl2NO6/c1-20(2,3)13-8-12(4-5-16(13)24)29-19-14(21)6-11(7-15(19)22)23(9-17(25)26)10-18(27)28/h4-8,24H,9-10H2,1-3H3,(H,25,26)(H,27,28). The molecule has 7 nitrogen and oxygen atoms in total. The summed E-state index contributed by atoms with van der Waals surface area (Å²) in [4.78, 5) is 23.2. The first-order valence-corrected chi connectivity index (χ1v) is 9.33. The van der Waals surface area contributed by atoms with Crippen LogP contribution in [0.15, 0.2) is 30.3 Å².